The van der Waals surface area contributed by atoms with E-state index in [1.165, 1.54) is 42.1 Å². The van der Waals surface area contributed by atoms with Gasteiger partial charge in [-0.2, -0.15) is 0 Å². The number of carbonyl (C=O) groups excluding carboxylic acids is 2. The fourth-order valence-electron chi connectivity index (χ4n) is 2.86. The number of nitrogens with one attached hydrogen (secondary N) is 2. The molecule has 0 aliphatic rings. The molecule has 33 heavy (non-hydrogen) atoms. The average molecular weight is 508 g/mol. The van der Waals surface area contributed by atoms with Gasteiger partial charge in [0.1, 0.15) is 0 Å². The molecule has 3 aromatic rings. The lowest BCUT2D eigenvalue weighted by Crippen LogP contribution is -2.28. The van der Waals surface area contributed by atoms with Crippen LogP contribution in [-0.2, 0) is 11.8 Å². The zero-order valence-electron chi connectivity index (χ0n) is 17.5. The zero-order valence-corrected chi connectivity index (χ0v) is 19.8. The van der Waals surface area contributed by atoms with Crippen molar-refractivity contribution in [1.29, 1.82) is 0 Å². The minimum atomic E-state index is -1.04. The maximum absolute atomic E-state index is 12.5. The van der Waals surface area contributed by atoms with E-state index in [0.717, 1.165) is 0 Å². The number of halogens is 2. The normalized spacial score (nSPS) is 11.6. The third kappa shape index (κ3) is 6.25. The molecule has 3 rings (SSSR count). The summed E-state index contributed by atoms with van der Waals surface area (Å²) in [6.45, 7) is 1.76. The third-order valence-corrected chi connectivity index (χ3v) is 6.10. The molecule has 0 aliphatic heterocycles. The third-order valence-electron chi connectivity index (χ3n) is 4.53. The Morgan fingerprint density at radius 3 is 2.45 bits per heavy atom. The largest absolute Gasteiger partial charge is 0.478 e. The second kappa shape index (κ2) is 10.7. The number of aromatic nitrogens is 3. The zero-order chi connectivity index (χ0) is 24.1. The van der Waals surface area contributed by atoms with Crippen LogP contribution in [0.1, 0.15) is 39.5 Å². The number of aromatic carboxylic acids is 1. The molecule has 1 aromatic heterocycles. The molecule has 12 heteroatoms. The molecule has 0 aliphatic carbocycles. The predicted molar refractivity (Wildman–Crippen MR) is 126 cm³/mol. The summed E-state index contributed by atoms with van der Waals surface area (Å²) in [5, 5.41) is 23.8. The van der Waals surface area contributed by atoms with Crippen molar-refractivity contribution in [3.63, 3.8) is 0 Å². The van der Waals surface area contributed by atoms with Crippen LogP contribution in [0, 0.1) is 0 Å². The van der Waals surface area contributed by atoms with E-state index in [1.807, 2.05) is 0 Å². The SMILES string of the molecule is C[C@H](NC(=O)c1ccc(Cl)cc1Cl)c1nnc(SCC(=O)Nc2ccc(C(=O)O)cc2)n1C. The number of benzene rings is 2. The van der Waals surface area contributed by atoms with E-state index >= 15 is 0 Å². The van der Waals surface area contributed by atoms with E-state index in [2.05, 4.69) is 20.8 Å². The Hall–Kier alpha value is -3.08. The minimum Gasteiger partial charge on any atom is -0.478 e. The lowest BCUT2D eigenvalue weighted by molar-refractivity contribution is -0.113. The Morgan fingerprint density at radius 2 is 1.82 bits per heavy atom. The molecule has 0 spiro atoms. The quantitative estimate of drug-likeness (QED) is 0.392. The van der Waals surface area contributed by atoms with Crippen molar-refractivity contribution in [2.45, 2.75) is 18.1 Å². The van der Waals surface area contributed by atoms with Gasteiger partial charge in [-0.15, -0.1) is 10.2 Å². The Morgan fingerprint density at radius 1 is 1.12 bits per heavy atom. The molecule has 0 radical (unpaired) electrons. The van der Waals surface area contributed by atoms with Gasteiger partial charge in [0.05, 0.1) is 27.9 Å². The van der Waals surface area contributed by atoms with Crippen LogP contribution >= 0.6 is 35.0 Å². The summed E-state index contributed by atoms with van der Waals surface area (Å²) in [5.74, 6) is -1.14. The first-order chi connectivity index (χ1) is 15.7. The molecule has 1 atom stereocenters. The molecular formula is C21H19Cl2N5O4S. The monoisotopic (exact) mass is 507 g/mol. The molecule has 9 nitrogen and oxygen atoms in total. The molecule has 0 bridgehead atoms. The number of rotatable bonds is 8. The van der Waals surface area contributed by atoms with Gasteiger partial charge in [-0.05, 0) is 49.4 Å². The van der Waals surface area contributed by atoms with Crippen molar-refractivity contribution in [3.8, 4) is 0 Å². The first-order valence-electron chi connectivity index (χ1n) is 9.57. The maximum atomic E-state index is 12.5. The van der Waals surface area contributed by atoms with Crippen LogP contribution in [0.15, 0.2) is 47.6 Å². The van der Waals surface area contributed by atoms with Gasteiger partial charge >= 0.3 is 5.97 Å². The molecule has 2 amide bonds. The summed E-state index contributed by atoms with van der Waals surface area (Å²) >= 11 is 13.1. The van der Waals surface area contributed by atoms with Gasteiger partial charge in [0.15, 0.2) is 11.0 Å². The molecule has 0 saturated carbocycles. The Labute approximate surface area is 203 Å². The minimum absolute atomic E-state index is 0.0633. The van der Waals surface area contributed by atoms with Gasteiger partial charge in [-0.25, -0.2) is 4.79 Å². The number of hydrogen-bond donors (Lipinski definition) is 3. The number of anilines is 1. The summed E-state index contributed by atoms with van der Waals surface area (Å²) in [6.07, 6.45) is 0. The van der Waals surface area contributed by atoms with Crippen molar-refractivity contribution >= 4 is 58.4 Å². The highest BCUT2D eigenvalue weighted by molar-refractivity contribution is 7.99. The standard InChI is InChI=1S/C21H19Cl2N5O4S/c1-11(24-19(30)15-8-5-13(22)9-16(15)23)18-26-27-21(28(18)2)33-10-17(29)25-14-6-3-12(4-7-14)20(31)32/h3-9,11H,10H2,1-2H3,(H,24,30)(H,25,29)(H,31,32)/t11-/m0/s1. The van der Waals surface area contributed by atoms with Crippen molar-refractivity contribution in [2.75, 3.05) is 11.1 Å². The number of carboxylic acids is 1. The lowest BCUT2D eigenvalue weighted by atomic mass is 10.2. The number of hydrogen-bond acceptors (Lipinski definition) is 6. The van der Waals surface area contributed by atoms with Crippen LogP contribution in [0.5, 0.6) is 0 Å². The van der Waals surface area contributed by atoms with Gasteiger partial charge < -0.3 is 20.3 Å². The number of amides is 2. The maximum Gasteiger partial charge on any atom is 0.335 e. The number of thioether (sulfide) groups is 1. The Kier molecular flexibility index (Phi) is 7.96. The smallest absolute Gasteiger partial charge is 0.335 e. The number of nitrogens with zero attached hydrogens (tertiary/aromatic N) is 3. The first kappa shape index (κ1) is 24.6. The fraction of sp³-hybridized carbons (Fsp3) is 0.190. The van der Waals surface area contributed by atoms with Crippen LogP contribution in [0.3, 0.4) is 0 Å². The van der Waals surface area contributed by atoms with Gasteiger partial charge in [-0.1, -0.05) is 35.0 Å². The van der Waals surface area contributed by atoms with E-state index in [-0.39, 0.29) is 33.7 Å². The molecule has 3 N–H and O–H groups in total. The Bertz CT molecular complexity index is 1200. The van der Waals surface area contributed by atoms with Crippen molar-refractivity contribution in [2.24, 2.45) is 7.05 Å². The van der Waals surface area contributed by atoms with E-state index in [0.29, 0.717) is 21.7 Å². The molecule has 0 saturated heterocycles. The van der Waals surface area contributed by atoms with Crippen LogP contribution in [-0.4, -0.2) is 43.4 Å². The lowest BCUT2D eigenvalue weighted by Gasteiger charge is -2.14. The first-order valence-corrected chi connectivity index (χ1v) is 11.3. The van der Waals surface area contributed by atoms with Gasteiger partial charge in [0.25, 0.3) is 5.91 Å². The van der Waals surface area contributed by atoms with Gasteiger partial charge in [0.2, 0.25) is 5.91 Å². The molecule has 0 unspecified atom stereocenters. The second-order valence-electron chi connectivity index (χ2n) is 6.94. The fourth-order valence-corrected chi connectivity index (χ4v) is 4.08. The van der Waals surface area contributed by atoms with Crippen LogP contribution in [0.25, 0.3) is 0 Å². The summed E-state index contributed by atoms with van der Waals surface area (Å²) in [4.78, 5) is 35.7. The summed E-state index contributed by atoms with van der Waals surface area (Å²) in [5.41, 5.74) is 0.910. The molecule has 172 valence electrons. The molecular weight excluding hydrogens is 489 g/mol. The van der Waals surface area contributed by atoms with E-state index < -0.39 is 12.0 Å². The summed E-state index contributed by atoms with van der Waals surface area (Å²) in [6, 6.07) is 9.99. The second-order valence-corrected chi connectivity index (χ2v) is 8.72. The van der Waals surface area contributed by atoms with E-state index in [4.69, 9.17) is 28.3 Å². The van der Waals surface area contributed by atoms with Crippen LogP contribution in [0.2, 0.25) is 10.0 Å². The molecule has 2 aromatic carbocycles. The van der Waals surface area contributed by atoms with E-state index in [1.54, 1.807) is 30.7 Å². The molecule has 1 heterocycles. The average Bonchev–Trinajstić information content (AvgIpc) is 3.13. The highest BCUT2D eigenvalue weighted by Gasteiger charge is 2.20. The van der Waals surface area contributed by atoms with Crippen LogP contribution < -0.4 is 10.6 Å². The van der Waals surface area contributed by atoms with E-state index in [9.17, 15) is 14.4 Å². The highest BCUT2D eigenvalue weighted by atomic mass is 35.5. The highest BCUT2D eigenvalue weighted by Crippen LogP contribution is 2.23. The van der Waals surface area contributed by atoms with Crippen molar-refractivity contribution in [3.05, 3.63) is 69.5 Å². The number of carbonyl (C=O) groups is 3. The predicted octanol–water partition coefficient (Wildman–Crippen LogP) is 4.04. The topological polar surface area (TPSA) is 126 Å². The van der Waals surface area contributed by atoms with Crippen molar-refractivity contribution < 1.29 is 19.5 Å². The van der Waals surface area contributed by atoms with Gasteiger partial charge in [-0.3, -0.25) is 9.59 Å². The Balaban J connectivity index is 1.57. The summed E-state index contributed by atoms with van der Waals surface area (Å²) in [7, 11) is 1.73. The van der Waals surface area contributed by atoms with Crippen LogP contribution in [0.4, 0.5) is 5.69 Å². The summed E-state index contributed by atoms with van der Waals surface area (Å²) < 4.78 is 1.69. The van der Waals surface area contributed by atoms with Gasteiger partial charge in [0, 0.05) is 17.8 Å². The number of carboxylic acid groups (broad SMARTS) is 1. The van der Waals surface area contributed by atoms with Crippen molar-refractivity contribution in [1.82, 2.24) is 20.1 Å². The molecule has 0 fully saturated rings.